The number of benzene rings is 1. The SMILES string of the molecule is CCCC1CC2(CCO1)CC(N)c1cc(OC)ccc1O2. The van der Waals surface area contributed by atoms with Crippen molar-refractivity contribution in [2.45, 2.75) is 56.8 Å². The maximum absolute atomic E-state index is 6.42. The number of ether oxygens (including phenoxy) is 3. The Morgan fingerprint density at radius 1 is 1.38 bits per heavy atom. The molecule has 2 aliphatic heterocycles. The lowest BCUT2D eigenvalue weighted by Crippen LogP contribution is -2.49. The molecule has 0 aromatic heterocycles. The molecule has 0 bridgehead atoms. The fourth-order valence-electron chi connectivity index (χ4n) is 3.59. The number of hydrogen-bond donors (Lipinski definition) is 1. The van der Waals surface area contributed by atoms with Gasteiger partial charge in [0.05, 0.1) is 19.8 Å². The molecule has 0 saturated carbocycles. The number of methoxy groups -OCH3 is 1. The molecular formula is C17H25NO3. The van der Waals surface area contributed by atoms with Gasteiger partial charge in [-0.05, 0) is 24.6 Å². The van der Waals surface area contributed by atoms with Gasteiger partial charge in [0.15, 0.2) is 0 Å². The zero-order valence-electron chi connectivity index (χ0n) is 12.9. The Balaban J connectivity index is 1.83. The number of nitrogens with two attached hydrogens (primary N) is 1. The Labute approximate surface area is 126 Å². The number of fused-ring (bicyclic) bond motifs is 1. The molecule has 4 heteroatoms. The Morgan fingerprint density at radius 2 is 2.24 bits per heavy atom. The first kappa shape index (κ1) is 14.7. The van der Waals surface area contributed by atoms with E-state index in [-0.39, 0.29) is 11.6 Å². The van der Waals surface area contributed by atoms with Crippen LogP contribution in [0.2, 0.25) is 0 Å². The lowest BCUT2D eigenvalue weighted by Gasteiger charge is -2.46. The van der Waals surface area contributed by atoms with Crippen LogP contribution in [0.5, 0.6) is 11.5 Å². The second-order valence-electron chi connectivity index (χ2n) is 6.24. The van der Waals surface area contributed by atoms with E-state index in [0.717, 1.165) is 55.8 Å². The standard InChI is InChI=1S/C17H25NO3/c1-3-4-13-10-17(7-8-20-13)11-15(18)14-9-12(19-2)5-6-16(14)21-17/h5-6,9,13,15H,3-4,7-8,10-11,18H2,1-2H3. The molecule has 3 atom stereocenters. The van der Waals surface area contributed by atoms with Crippen LogP contribution in [-0.4, -0.2) is 25.4 Å². The van der Waals surface area contributed by atoms with Gasteiger partial charge in [0.2, 0.25) is 0 Å². The Bertz CT molecular complexity index is 503. The molecule has 1 aromatic rings. The molecule has 1 saturated heterocycles. The van der Waals surface area contributed by atoms with Gasteiger partial charge >= 0.3 is 0 Å². The van der Waals surface area contributed by atoms with E-state index < -0.39 is 0 Å². The summed E-state index contributed by atoms with van der Waals surface area (Å²) in [7, 11) is 1.67. The van der Waals surface area contributed by atoms with Crippen molar-refractivity contribution in [1.82, 2.24) is 0 Å². The van der Waals surface area contributed by atoms with Gasteiger partial charge in [0, 0.05) is 30.9 Å². The molecule has 3 unspecified atom stereocenters. The van der Waals surface area contributed by atoms with Gasteiger partial charge in [-0.2, -0.15) is 0 Å². The topological polar surface area (TPSA) is 53.7 Å². The van der Waals surface area contributed by atoms with Crippen molar-refractivity contribution < 1.29 is 14.2 Å². The minimum absolute atomic E-state index is 0.00391. The van der Waals surface area contributed by atoms with Gasteiger partial charge in [-0.15, -0.1) is 0 Å². The first-order valence-electron chi connectivity index (χ1n) is 7.90. The highest BCUT2D eigenvalue weighted by atomic mass is 16.5. The predicted molar refractivity (Wildman–Crippen MR) is 81.8 cm³/mol. The van der Waals surface area contributed by atoms with E-state index in [1.807, 2.05) is 18.2 Å². The van der Waals surface area contributed by atoms with E-state index in [9.17, 15) is 0 Å². The first-order valence-corrected chi connectivity index (χ1v) is 7.90. The van der Waals surface area contributed by atoms with Crippen LogP contribution < -0.4 is 15.2 Å². The molecule has 1 aromatic carbocycles. The number of rotatable bonds is 3. The van der Waals surface area contributed by atoms with Crippen molar-refractivity contribution >= 4 is 0 Å². The Hall–Kier alpha value is -1.26. The summed E-state index contributed by atoms with van der Waals surface area (Å²) in [6, 6.07) is 5.92. The van der Waals surface area contributed by atoms with Crippen LogP contribution in [0.15, 0.2) is 18.2 Å². The smallest absolute Gasteiger partial charge is 0.125 e. The van der Waals surface area contributed by atoms with Crippen molar-refractivity contribution in [2.24, 2.45) is 5.73 Å². The summed E-state index contributed by atoms with van der Waals surface area (Å²) in [5.41, 5.74) is 7.32. The fraction of sp³-hybridized carbons (Fsp3) is 0.647. The van der Waals surface area contributed by atoms with E-state index >= 15 is 0 Å². The van der Waals surface area contributed by atoms with Crippen molar-refractivity contribution in [3.63, 3.8) is 0 Å². The summed E-state index contributed by atoms with van der Waals surface area (Å²) in [5.74, 6) is 1.74. The molecule has 2 N–H and O–H groups in total. The van der Waals surface area contributed by atoms with Crippen LogP contribution in [0.1, 0.15) is 50.6 Å². The highest BCUT2D eigenvalue weighted by molar-refractivity contribution is 5.44. The molecule has 21 heavy (non-hydrogen) atoms. The molecule has 0 aliphatic carbocycles. The largest absolute Gasteiger partial charge is 0.497 e. The summed E-state index contributed by atoms with van der Waals surface area (Å²) in [6.07, 6.45) is 5.26. The molecule has 3 rings (SSSR count). The first-order chi connectivity index (χ1) is 10.2. The quantitative estimate of drug-likeness (QED) is 0.929. The van der Waals surface area contributed by atoms with Crippen molar-refractivity contribution in [3.05, 3.63) is 23.8 Å². The number of hydrogen-bond acceptors (Lipinski definition) is 4. The van der Waals surface area contributed by atoms with Gasteiger partial charge in [-0.3, -0.25) is 0 Å². The maximum Gasteiger partial charge on any atom is 0.125 e. The highest BCUT2D eigenvalue weighted by Gasteiger charge is 2.43. The van der Waals surface area contributed by atoms with E-state index in [4.69, 9.17) is 19.9 Å². The lowest BCUT2D eigenvalue weighted by molar-refractivity contribution is -0.103. The van der Waals surface area contributed by atoms with Gasteiger partial charge in [-0.1, -0.05) is 13.3 Å². The second kappa shape index (κ2) is 5.85. The summed E-state index contributed by atoms with van der Waals surface area (Å²) >= 11 is 0. The van der Waals surface area contributed by atoms with Crippen LogP contribution in [0.4, 0.5) is 0 Å². The fourth-order valence-corrected chi connectivity index (χ4v) is 3.59. The summed E-state index contributed by atoms with van der Waals surface area (Å²) in [4.78, 5) is 0. The van der Waals surface area contributed by atoms with Crippen LogP contribution in [0, 0.1) is 0 Å². The predicted octanol–water partition coefficient (Wildman–Crippen LogP) is 3.20. The van der Waals surface area contributed by atoms with Gasteiger partial charge in [0.1, 0.15) is 17.1 Å². The Morgan fingerprint density at radius 3 is 3.00 bits per heavy atom. The second-order valence-corrected chi connectivity index (χ2v) is 6.24. The molecule has 4 nitrogen and oxygen atoms in total. The highest BCUT2D eigenvalue weighted by Crippen LogP contribution is 2.45. The third kappa shape index (κ3) is 2.87. The third-order valence-electron chi connectivity index (χ3n) is 4.66. The van der Waals surface area contributed by atoms with E-state index in [2.05, 4.69) is 6.92 Å². The zero-order valence-corrected chi connectivity index (χ0v) is 12.9. The minimum Gasteiger partial charge on any atom is -0.497 e. The van der Waals surface area contributed by atoms with E-state index in [1.54, 1.807) is 7.11 Å². The van der Waals surface area contributed by atoms with E-state index in [0.29, 0.717) is 6.10 Å². The van der Waals surface area contributed by atoms with Crippen molar-refractivity contribution in [3.8, 4) is 11.5 Å². The monoisotopic (exact) mass is 291 g/mol. The molecule has 0 radical (unpaired) electrons. The maximum atomic E-state index is 6.42. The van der Waals surface area contributed by atoms with Crippen LogP contribution in [0.3, 0.4) is 0 Å². The van der Waals surface area contributed by atoms with Gasteiger partial charge < -0.3 is 19.9 Å². The minimum atomic E-state index is -0.154. The van der Waals surface area contributed by atoms with Gasteiger partial charge in [-0.25, -0.2) is 0 Å². The molecule has 2 heterocycles. The van der Waals surface area contributed by atoms with Crippen LogP contribution in [-0.2, 0) is 4.74 Å². The molecule has 1 fully saturated rings. The lowest BCUT2D eigenvalue weighted by atomic mass is 9.79. The summed E-state index contributed by atoms with van der Waals surface area (Å²) in [6.45, 7) is 2.96. The Kier molecular flexibility index (Phi) is 4.09. The molecule has 2 aliphatic rings. The average Bonchev–Trinajstić information content (AvgIpc) is 2.47. The molecule has 0 amide bonds. The van der Waals surface area contributed by atoms with Crippen LogP contribution in [0.25, 0.3) is 0 Å². The molecule has 1 spiro atoms. The van der Waals surface area contributed by atoms with Crippen LogP contribution >= 0.6 is 0 Å². The molecule has 116 valence electrons. The van der Waals surface area contributed by atoms with Crippen molar-refractivity contribution in [1.29, 1.82) is 0 Å². The summed E-state index contributed by atoms with van der Waals surface area (Å²) in [5, 5.41) is 0. The van der Waals surface area contributed by atoms with Gasteiger partial charge in [0.25, 0.3) is 0 Å². The summed E-state index contributed by atoms with van der Waals surface area (Å²) < 4.78 is 17.5. The van der Waals surface area contributed by atoms with E-state index in [1.165, 1.54) is 0 Å². The average molecular weight is 291 g/mol. The zero-order chi connectivity index (χ0) is 14.9. The van der Waals surface area contributed by atoms with Crippen molar-refractivity contribution in [2.75, 3.05) is 13.7 Å². The third-order valence-corrected chi connectivity index (χ3v) is 4.66. The normalized spacial score (nSPS) is 31.6. The molecular weight excluding hydrogens is 266 g/mol.